The fourth-order valence-electron chi connectivity index (χ4n) is 6.11. The van der Waals surface area contributed by atoms with Crippen LogP contribution in [0.25, 0.3) is 111 Å². The normalized spacial score (nSPS) is 18.6. The largest absolute Gasteiger partial charge is 0.455 e. The highest BCUT2D eigenvalue weighted by Gasteiger charge is 2.18. The van der Waals surface area contributed by atoms with Crippen LogP contribution in [0.15, 0.2) is 203 Å². The number of aromatic nitrogens is 2. The number of benzene rings is 8. The van der Waals surface area contributed by atoms with E-state index in [0.29, 0.717) is 0 Å². The molecular weight excluding hydrogens is 685 g/mol. The van der Waals surface area contributed by atoms with Crippen molar-refractivity contribution in [1.82, 2.24) is 9.97 Å². The lowest BCUT2D eigenvalue weighted by molar-refractivity contribution is 0.667. The van der Waals surface area contributed by atoms with E-state index in [4.69, 9.17) is 41.7 Å². The minimum atomic E-state index is -0.961. The molecule has 0 bridgehead atoms. The van der Waals surface area contributed by atoms with Crippen molar-refractivity contribution in [1.29, 1.82) is 0 Å². The first-order chi connectivity index (χ1) is 39.4. The molecule has 0 atom stereocenters. The summed E-state index contributed by atoms with van der Waals surface area (Å²) in [6, 6.07) is -18.7. The van der Waals surface area contributed by atoms with Crippen molar-refractivity contribution in [3.05, 3.63) is 194 Å². The molecule has 3 aromatic heterocycles. The van der Waals surface area contributed by atoms with Gasteiger partial charge < -0.3 is 8.83 Å². The molecule has 4 nitrogen and oxygen atoms in total. The Morgan fingerprint density at radius 2 is 0.946 bits per heavy atom. The third-order valence-electron chi connectivity index (χ3n) is 8.71. The number of para-hydroxylation sites is 1. The molecule has 0 N–H and O–H groups in total. The zero-order chi connectivity index (χ0) is 61.4. The monoisotopic (exact) mass is 744 g/mol. The van der Waals surface area contributed by atoms with Gasteiger partial charge in [-0.25, -0.2) is 9.97 Å². The Bertz CT molecular complexity index is 4780. The average Bonchev–Trinajstić information content (AvgIpc) is 1.52. The number of rotatable bonds is 6. The topological polar surface area (TPSA) is 52.1 Å². The average molecular weight is 745 g/mol. The van der Waals surface area contributed by atoms with Crippen molar-refractivity contribution in [3.8, 4) is 66.9 Å². The van der Waals surface area contributed by atoms with E-state index in [0.717, 1.165) is 6.33 Å². The molecule has 0 radical (unpaired) electrons. The van der Waals surface area contributed by atoms with Crippen LogP contribution in [0.5, 0.6) is 0 Å². The van der Waals surface area contributed by atoms with Crippen LogP contribution in [-0.4, -0.2) is 9.97 Å². The highest BCUT2D eigenvalue weighted by Crippen LogP contribution is 2.40. The van der Waals surface area contributed by atoms with Crippen molar-refractivity contribution in [2.24, 2.45) is 0 Å². The van der Waals surface area contributed by atoms with Crippen molar-refractivity contribution >= 4 is 44.0 Å². The summed E-state index contributed by atoms with van der Waals surface area (Å²) in [5, 5.41) is -0.882. The van der Waals surface area contributed by atoms with E-state index < -0.39 is 241 Å². The number of fused-ring (bicyclic) bond motifs is 6. The van der Waals surface area contributed by atoms with Crippen molar-refractivity contribution < 1.29 is 47.2 Å². The molecule has 11 rings (SSSR count). The number of nitrogens with zero attached hydrogens (tertiary/aromatic N) is 2. The Morgan fingerprint density at radius 1 is 0.375 bits per heavy atom. The molecule has 0 fully saturated rings. The van der Waals surface area contributed by atoms with Crippen LogP contribution in [0.3, 0.4) is 0 Å². The summed E-state index contributed by atoms with van der Waals surface area (Å²) in [5.74, 6) is 0. The first kappa shape index (κ1) is 14.6. The SMILES string of the molecule is [2H]c1c([2H])c([2H])c(-c2c([2H])c([2H])c(-c3ccc4oc5c(-c6c([2H])c([2H])c([2H])c(-c7c([2H])c([2H])c([2H])c8c7oc7c([2H])c([2H])c(-c9c([2H])c([2H])c(-c%10c([2H])c([2H])c([2H])c([2H])c%10[2H])c([2H])c9[2H])c([2H])c78)c6[2H])ncnc5c4c3)c([2H])c2[2H])c([2H])c1[2H]. The van der Waals surface area contributed by atoms with Gasteiger partial charge in [-0.05, 0) is 80.3 Å². The van der Waals surface area contributed by atoms with E-state index >= 15 is 0 Å². The summed E-state index contributed by atoms with van der Waals surface area (Å²) in [7, 11) is 0. The van der Waals surface area contributed by atoms with Gasteiger partial charge in [0.25, 0.3) is 0 Å². The minimum Gasteiger partial charge on any atom is -0.455 e. The maximum absolute atomic E-state index is 9.68. The van der Waals surface area contributed by atoms with E-state index in [1.165, 1.54) is 18.2 Å². The van der Waals surface area contributed by atoms with Gasteiger partial charge in [-0.2, -0.15) is 0 Å². The molecule has 4 heteroatoms. The second-order valence-electron chi connectivity index (χ2n) is 12.0. The molecule has 0 amide bonds. The van der Waals surface area contributed by atoms with Crippen molar-refractivity contribution in [2.45, 2.75) is 0 Å². The van der Waals surface area contributed by atoms with E-state index in [2.05, 4.69) is 9.97 Å². The molecule has 0 aliphatic carbocycles. The van der Waals surface area contributed by atoms with Crippen LogP contribution in [0.2, 0.25) is 0 Å². The maximum Gasteiger partial charge on any atom is 0.180 e. The predicted octanol–water partition coefficient (Wildman–Crippen LogP) is 14.3. The summed E-state index contributed by atoms with van der Waals surface area (Å²) < 4.78 is 259. The van der Waals surface area contributed by atoms with E-state index in [9.17, 15) is 5.48 Å². The Hall–Kier alpha value is -7.56. The standard InChI is InChI=1S/C52H32N2O2/c1-3-9-33(10-4-1)35-17-21-37(22-18-35)39-25-27-47-45(30-39)44-16-8-15-43(51(44)55-47)41-13-7-14-42(29-41)49-52-50(54-32-53-49)46-31-40(26-28-48(46)56-52)38-23-19-36(20-24-38)34-11-5-2-6-12-34/h1-32H/i1D,2D,3D,4D,5D,6D,7D,8D,9D,10D,11D,12D,13D,14D,15D,16D,17D,18D,19D,20D,21D,22D,23D,24D,25D,27D,29D,30D. The van der Waals surface area contributed by atoms with Gasteiger partial charge in [-0.15, -0.1) is 0 Å². The highest BCUT2D eigenvalue weighted by molar-refractivity contribution is 6.11. The van der Waals surface area contributed by atoms with E-state index in [1.54, 1.807) is 0 Å². The second kappa shape index (κ2) is 13.1. The lowest BCUT2D eigenvalue weighted by atomic mass is 9.97. The molecule has 8 aromatic carbocycles. The van der Waals surface area contributed by atoms with Crippen LogP contribution < -0.4 is 0 Å². The molecular formula is C52H32N2O2. The van der Waals surface area contributed by atoms with Crippen LogP contribution in [0.4, 0.5) is 0 Å². The van der Waals surface area contributed by atoms with Gasteiger partial charge in [0.05, 0.1) is 38.4 Å². The zero-order valence-corrected chi connectivity index (χ0v) is 28.0. The minimum absolute atomic E-state index is 0.0176. The predicted molar refractivity (Wildman–Crippen MR) is 229 cm³/mol. The molecule has 0 spiro atoms. The summed E-state index contributed by atoms with van der Waals surface area (Å²) in [6.07, 6.45) is 1.01. The van der Waals surface area contributed by atoms with E-state index in [-0.39, 0.29) is 38.9 Å². The van der Waals surface area contributed by atoms with Gasteiger partial charge in [0.1, 0.15) is 34.3 Å². The summed E-state index contributed by atoms with van der Waals surface area (Å²) in [6.45, 7) is 0. The molecule has 11 aromatic rings. The van der Waals surface area contributed by atoms with Crippen LogP contribution in [0, 0.1) is 0 Å². The highest BCUT2D eigenvalue weighted by atomic mass is 16.3. The van der Waals surface area contributed by atoms with Crippen LogP contribution in [-0.2, 0) is 0 Å². The van der Waals surface area contributed by atoms with Gasteiger partial charge in [0, 0.05) is 27.3 Å². The van der Waals surface area contributed by atoms with Crippen molar-refractivity contribution in [3.63, 3.8) is 0 Å². The molecule has 56 heavy (non-hydrogen) atoms. The van der Waals surface area contributed by atoms with Gasteiger partial charge in [-0.1, -0.05) is 157 Å². The van der Waals surface area contributed by atoms with Gasteiger partial charge in [-0.3, -0.25) is 0 Å². The lowest BCUT2D eigenvalue weighted by Gasteiger charge is -2.07. The van der Waals surface area contributed by atoms with Crippen molar-refractivity contribution in [2.75, 3.05) is 0 Å². The number of hydrogen-bond acceptors (Lipinski definition) is 4. The fourth-order valence-corrected chi connectivity index (χ4v) is 6.11. The molecule has 0 aliphatic heterocycles. The zero-order valence-electron chi connectivity index (χ0n) is 56.0. The Morgan fingerprint density at radius 3 is 1.66 bits per heavy atom. The molecule has 262 valence electrons. The third kappa shape index (κ3) is 5.47. The summed E-state index contributed by atoms with van der Waals surface area (Å²) in [5.41, 5.74) is -7.64. The smallest absolute Gasteiger partial charge is 0.180 e. The van der Waals surface area contributed by atoms with E-state index in [1.807, 2.05) is 0 Å². The molecule has 0 saturated heterocycles. The quantitative estimate of drug-likeness (QED) is 0.170. The van der Waals surface area contributed by atoms with Crippen LogP contribution in [0.1, 0.15) is 38.4 Å². The Labute approximate surface area is 362 Å². The number of furan rings is 2. The van der Waals surface area contributed by atoms with Gasteiger partial charge in [0.15, 0.2) is 5.58 Å². The lowest BCUT2D eigenvalue weighted by Crippen LogP contribution is -1.88. The molecule has 0 saturated carbocycles. The van der Waals surface area contributed by atoms with Gasteiger partial charge >= 0.3 is 0 Å². The maximum atomic E-state index is 9.68. The third-order valence-corrected chi connectivity index (χ3v) is 8.71. The first-order valence-electron chi connectivity index (χ1n) is 30.5. The molecule has 0 aliphatic rings. The summed E-state index contributed by atoms with van der Waals surface area (Å²) >= 11 is 0. The van der Waals surface area contributed by atoms with Crippen LogP contribution >= 0.6 is 0 Å². The summed E-state index contributed by atoms with van der Waals surface area (Å²) in [4.78, 5) is 8.68. The van der Waals surface area contributed by atoms with Gasteiger partial charge in [0.2, 0.25) is 0 Å². The first-order valence-corrected chi connectivity index (χ1v) is 16.5. The Balaban J connectivity index is 1.11. The second-order valence-corrected chi connectivity index (χ2v) is 12.0. The molecule has 3 heterocycles. The Kier molecular flexibility index (Phi) is 3.41. The number of hydrogen-bond donors (Lipinski definition) is 0. The molecule has 0 unspecified atom stereocenters. The fraction of sp³-hybridized carbons (Fsp3) is 0.